The van der Waals surface area contributed by atoms with E-state index in [1.54, 1.807) is 0 Å². The third-order valence-electron chi connectivity index (χ3n) is 7.24. The van der Waals surface area contributed by atoms with Gasteiger partial charge in [-0.3, -0.25) is 0 Å². The minimum atomic E-state index is 0.785. The number of hydrogen-bond donors (Lipinski definition) is 0. The van der Waals surface area contributed by atoms with Gasteiger partial charge in [-0.2, -0.15) is 0 Å². The summed E-state index contributed by atoms with van der Waals surface area (Å²) in [6.45, 7) is 7.26. The van der Waals surface area contributed by atoms with E-state index in [4.69, 9.17) is 4.74 Å². The van der Waals surface area contributed by atoms with Gasteiger partial charge in [0.15, 0.2) is 0 Å². The first-order valence-corrected chi connectivity index (χ1v) is 15.2. The zero-order chi connectivity index (χ0) is 27.0. The molecule has 0 spiro atoms. The second kappa shape index (κ2) is 13.0. The molecule has 0 unspecified atom stereocenters. The Morgan fingerprint density at radius 1 is 0.718 bits per heavy atom. The monoisotopic (exact) mass is 533 g/mol. The minimum Gasteiger partial charge on any atom is -0.494 e. The van der Waals surface area contributed by atoms with Crippen molar-refractivity contribution in [1.29, 1.82) is 0 Å². The maximum absolute atomic E-state index is 6.08. The second-order valence-electron chi connectivity index (χ2n) is 10.3. The number of rotatable bonds is 12. The molecule has 0 aliphatic carbocycles. The highest BCUT2D eigenvalue weighted by molar-refractivity contribution is 7.12. The Balaban J connectivity index is 1.45. The number of unbranched alkanes of at least 4 members (excludes halogenated alkanes) is 5. The van der Waals surface area contributed by atoms with Gasteiger partial charge in [-0.25, -0.2) is 0 Å². The fourth-order valence-electron chi connectivity index (χ4n) is 5.22. The molecule has 0 amide bonds. The van der Waals surface area contributed by atoms with E-state index in [1.807, 2.05) is 11.3 Å². The van der Waals surface area contributed by atoms with E-state index in [0.29, 0.717) is 0 Å². The smallest absolute Gasteiger partial charge is 0.119 e. The summed E-state index contributed by atoms with van der Waals surface area (Å²) >= 11 is 1.82. The maximum atomic E-state index is 6.08. The van der Waals surface area contributed by atoms with Crippen molar-refractivity contribution in [2.75, 3.05) is 6.61 Å². The van der Waals surface area contributed by atoms with E-state index >= 15 is 0 Å². The maximum Gasteiger partial charge on any atom is 0.119 e. The lowest BCUT2D eigenvalue weighted by molar-refractivity contribution is 0.304. The van der Waals surface area contributed by atoms with E-state index in [2.05, 4.69) is 122 Å². The van der Waals surface area contributed by atoms with Gasteiger partial charge in [0.1, 0.15) is 5.75 Å². The van der Waals surface area contributed by atoms with Gasteiger partial charge in [-0.1, -0.05) is 81.5 Å². The average Bonchev–Trinajstić information content (AvgIpc) is 3.52. The molecule has 200 valence electrons. The predicted molar refractivity (Wildman–Crippen MR) is 172 cm³/mol. The molecule has 0 saturated heterocycles. The molecular formula is C36H39NOS. The molecule has 0 aliphatic rings. The molecule has 0 radical (unpaired) electrons. The van der Waals surface area contributed by atoms with E-state index in [-0.39, 0.29) is 0 Å². The van der Waals surface area contributed by atoms with Gasteiger partial charge in [-0.15, -0.1) is 11.3 Å². The SMILES string of the molecule is C/C=C/c1ccc2c3ccc(/C=C/c4ccc(C)s4)cc3n(-c3ccc(OCCCCCCCC)cc3)c2c1. The Bertz CT molecular complexity index is 1580. The largest absolute Gasteiger partial charge is 0.494 e. The van der Waals surface area contributed by atoms with Crippen LogP contribution in [0, 0.1) is 6.92 Å². The minimum absolute atomic E-state index is 0.785. The fourth-order valence-corrected chi connectivity index (χ4v) is 6.00. The molecule has 5 aromatic rings. The van der Waals surface area contributed by atoms with Crippen LogP contribution in [-0.2, 0) is 0 Å². The van der Waals surface area contributed by atoms with E-state index in [0.717, 1.165) is 24.5 Å². The van der Waals surface area contributed by atoms with Crippen LogP contribution in [0.2, 0.25) is 0 Å². The summed E-state index contributed by atoms with van der Waals surface area (Å²) in [6.07, 6.45) is 16.3. The van der Waals surface area contributed by atoms with Crippen LogP contribution in [0.25, 0.3) is 45.7 Å². The molecule has 3 heteroatoms. The van der Waals surface area contributed by atoms with Gasteiger partial charge in [0.25, 0.3) is 0 Å². The number of nitrogens with zero attached hydrogens (tertiary/aromatic N) is 1. The predicted octanol–water partition coefficient (Wildman–Crippen LogP) is 11.1. The van der Waals surface area contributed by atoms with Crippen molar-refractivity contribution in [2.24, 2.45) is 0 Å². The van der Waals surface area contributed by atoms with Crippen LogP contribution < -0.4 is 4.74 Å². The van der Waals surface area contributed by atoms with Crippen LogP contribution in [0.15, 0.2) is 78.9 Å². The Morgan fingerprint density at radius 2 is 1.38 bits per heavy atom. The molecule has 2 heterocycles. The number of aromatic nitrogens is 1. The Hall–Kier alpha value is -3.56. The summed E-state index contributed by atoms with van der Waals surface area (Å²) in [6, 6.07) is 26.5. The Kier molecular flexibility index (Phi) is 9.00. The molecule has 3 aromatic carbocycles. The third-order valence-corrected chi connectivity index (χ3v) is 8.20. The van der Waals surface area contributed by atoms with Crippen LogP contribution >= 0.6 is 11.3 Å². The molecule has 5 rings (SSSR count). The summed E-state index contributed by atoms with van der Waals surface area (Å²) < 4.78 is 8.47. The molecule has 0 fully saturated rings. The molecule has 2 nitrogen and oxygen atoms in total. The van der Waals surface area contributed by atoms with Gasteiger partial charge >= 0.3 is 0 Å². The summed E-state index contributed by atoms with van der Waals surface area (Å²) in [5.74, 6) is 0.942. The Labute approximate surface area is 237 Å². The van der Waals surface area contributed by atoms with Crippen LogP contribution in [0.3, 0.4) is 0 Å². The molecule has 39 heavy (non-hydrogen) atoms. The summed E-state index contributed by atoms with van der Waals surface area (Å²) in [4.78, 5) is 2.61. The van der Waals surface area contributed by atoms with Gasteiger partial charge in [-0.05, 0) is 86.0 Å². The molecule has 0 atom stereocenters. The number of hydrogen-bond acceptors (Lipinski definition) is 2. The zero-order valence-electron chi connectivity index (χ0n) is 23.5. The number of thiophene rings is 1. The molecule has 0 bridgehead atoms. The summed E-state index contributed by atoms with van der Waals surface area (Å²) in [5.41, 5.74) is 5.99. The lowest BCUT2D eigenvalue weighted by atomic mass is 10.1. The average molecular weight is 534 g/mol. The van der Waals surface area contributed by atoms with Crippen LogP contribution in [0.4, 0.5) is 0 Å². The van der Waals surface area contributed by atoms with Gasteiger partial charge in [0, 0.05) is 26.2 Å². The van der Waals surface area contributed by atoms with Crippen molar-refractivity contribution in [3.63, 3.8) is 0 Å². The lowest BCUT2D eigenvalue weighted by Crippen LogP contribution is -1.98. The first kappa shape index (κ1) is 27.0. The lowest BCUT2D eigenvalue weighted by Gasteiger charge is -2.11. The number of benzene rings is 3. The zero-order valence-corrected chi connectivity index (χ0v) is 24.3. The molecular weight excluding hydrogens is 494 g/mol. The third kappa shape index (κ3) is 6.54. The Morgan fingerprint density at radius 3 is 2.03 bits per heavy atom. The summed E-state index contributed by atoms with van der Waals surface area (Å²) in [5, 5.41) is 2.54. The van der Waals surface area contributed by atoms with Crippen molar-refractivity contribution in [2.45, 2.75) is 59.3 Å². The standard InChI is InChI=1S/C36H39NOS/c1-4-6-7-8-9-10-24-38-31-18-16-30(17-19-31)37-35-25-28(11-5-2)14-22-33(35)34-23-15-29(26-36(34)37)13-21-32-20-12-27(3)39-32/h5,11-23,25-26H,4,6-10,24H2,1-3H3/b11-5+,21-13+. The van der Waals surface area contributed by atoms with E-state index in [9.17, 15) is 0 Å². The first-order chi connectivity index (χ1) is 19.2. The molecule has 0 N–H and O–H groups in total. The highest BCUT2D eigenvalue weighted by atomic mass is 32.1. The second-order valence-corrected chi connectivity index (χ2v) is 11.6. The van der Waals surface area contributed by atoms with E-state index in [1.165, 1.54) is 74.8 Å². The van der Waals surface area contributed by atoms with Crippen LogP contribution in [0.1, 0.15) is 73.3 Å². The van der Waals surface area contributed by atoms with Crippen molar-refractivity contribution in [3.8, 4) is 11.4 Å². The number of ether oxygens (including phenoxy) is 1. The van der Waals surface area contributed by atoms with Crippen LogP contribution in [0.5, 0.6) is 5.75 Å². The number of allylic oxidation sites excluding steroid dienone is 1. The highest BCUT2D eigenvalue weighted by Crippen LogP contribution is 2.34. The quantitative estimate of drug-likeness (QED) is 0.145. The van der Waals surface area contributed by atoms with Crippen LogP contribution in [-0.4, -0.2) is 11.2 Å². The molecule has 0 aliphatic heterocycles. The highest BCUT2D eigenvalue weighted by Gasteiger charge is 2.13. The summed E-state index contributed by atoms with van der Waals surface area (Å²) in [7, 11) is 0. The van der Waals surface area contributed by atoms with Gasteiger partial charge < -0.3 is 9.30 Å². The van der Waals surface area contributed by atoms with Crippen molar-refractivity contribution >= 4 is 51.4 Å². The number of fused-ring (bicyclic) bond motifs is 3. The van der Waals surface area contributed by atoms with Crippen molar-refractivity contribution in [1.82, 2.24) is 4.57 Å². The first-order valence-electron chi connectivity index (χ1n) is 14.3. The van der Waals surface area contributed by atoms with Crippen molar-refractivity contribution < 1.29 is 4.74 Å². The van der Waals surface area contributed by atoms with Gasteiger partial charge in [0.05, 0.1) is 17.6 Å². The number of aryl methyl sites for hydroxylation is 1. The molecule has 2 aromatic heterocycles. The van der Waals surface area contributed by atoms with Gasteiger partial charge in [0.2, 0.25) is 0 Å². The molecule has 0 saturated carbocycles. The van der Waals surface area contributed by atoms with E-state index < -0.39 is 0 Å². The normalized spacial score (nSPS) is 12.0. The topological polar surface area (TPSA) is 14.2 Å². The van der Waals surface area contributed by atoms with Crippen molar-refractivity contribution in [3.05, 3.63) is 99.8 Å². The fraction of sp³-hybridized carbons (Fsp3) is 0.278.